The largest absolute Gasteiger partial charge is 0.444 e. The van der Waals surface area contributed by atoms with Gasteiger partial charge in [0.25, 0.3) is 0 Å². The average Bonchev–Trinajstić information content (AvgIpc) is 2.96. The molecule has 0 aromatic heterocycles. The Balaban J connectivity index is 2.27. The Morgan fingerprint density at radius 3 is 2.11 bits per heavy atom. The quantitative estimate of drug-likeness (QED) is 0.421. The van der Waals surface area contributed by atoms with E-state index in [9.17, 15) is 18.9 Å². The van der Waals surface area contributed by atoms with Gasteiger partial charge in [-0.15, -0.1) is 11.8 Å². The van der Waals surface area contributed by atoms with Crippen molar-refractivity contribution in [3.8, 4) is 0 Å². The summed E-state index contributed by atoms with van der Waals surface area (Å²) in [6.07, 6.45) is 3.60. The molecule has 0 aromatic carbocycles. The predicted molar refractivity (Wildman–Crippen MR) is 136 cm³/mol. The highest BCUT2D eigenvalue weighted by Crippen LogP contribution is 2.57. The third kappa shape index (κ3) is 7.84. The van der Waals surface area contributed by atoms with E-state index in [1.807, 2.05) is 13.8 Å². The molecule has 0 bridgehead atoms. The number of amides is 3. The van der Waals surface area contributed by atoms with Crippen LogP contribution in [0.15, 0.2) is 0 Å². The van der Waals surface area contributed by atoms with Crippen molar-refractivity contribution >= 4 is 37.3 Å². The molecular formula is C23H42N3O7PS. The molecule has 202 valence electrons. The van der Waals surface area contributed by atoms with Gasteiger partial charge in [-0.3, -0.25) is 14.2 Å². The minimum Gasteiger partial charge on any atom is -0.444 e. The zero-order valence-electron chi connectivity index (χ0n) is 22.1. The van der Waals surface area contributed by atoms with Gasteiger partial charge in [-0.25, -0.2) is 4.79 Å². The lowest BCUT2D eigenvalue weighted by Gasteiger charge is -2.39. The van der Waals surface area contributed by atoms with E-state index in [1.54, 1.807) is 51.3 Å². The molecule has 35 heavy (non-hydrogen) atoms. The average molecular weight is 536 g/mol. The first-order chi connectivity index (χ1) is 16.2. The number of hydrogen-bond donors (Lipinski definition) is 2. The lowest BCUT2D eigenvalue weighted by molar-refractivity contribution is -0.143. The van der Waals surface area contributed by atoms with Crippen LogP contribution in [0.1, 0.15) is 80.6 Å². The van der Waals surface area contributed by atoms with Crippen LogP contribution in [0.5, 0.6) is 0 Å². The highest BCUT2D eigenvalue weighted by atomic mass is 32.2. The highest BCUT2D eigenvalue weighted by Gasteiger charge is 2.60. The Hall–Kier alpha value is -1.29. The zero-order valence-corrected chi connectivity index (χ0v) is 23.8. The lowest BCUT2D eigenvalue weighted by atomic mass is 9.81. The van der Waals surface area contributed by atoms with E-state index < -0.39 is 40.9 Å². The molecule has 1 spiro atoms. The molecule has 1 atom stereocenters. The number of rotatable bonds is 9. The molecular weight excluding hydrogens is 493 g/mol. The maximum Gasteiger partial charge on any atom is 0.408 e. The molecule has 2 aliphatic rings. The first-order valence-electron chi connectivity index (χ1n) is 12.3. The van der Waals surface area contributed by atoms with Gasteiger partial charge in [-0.2, -0.15) is 0 Å². The van der Waals surface area contributed by atoms with Crippen LogP contribution in [0.25, 0.3) is 0 Å². The molecule has 12 heteroatoms. The van der Waals surface area contributed by atoms with Crippen LogP contribution in [0, 0.1) is 0 Å². The van der Waals surface area contributed by atoms with Gasteiger partial charge in [0.05, 0.1) is 18.1 Å². The van der Waals surface area contributed by atoms with Gasteiger partial charge in [0.2, 0.25) is 11.8 Å². The number of carbonyl (C=O) groups excluding carboxylic acids is 3. The molecule has 1 unspecified atom stereocenters. The van der Waals surface area contributed by atoms with Crippen molar-refractivity contribution in [3.05, 3.63) is 0 Å². The van der Waals surface area contributed by atoms with E-state index in [0.29, 0.717) is 0 Å². The van der Waals surface area contributed by atoms with Crippen molar-refractivity contribution in [1.29, 1.82) is 0 Å². The van der Waals surface area contributed by atoms with Crippen molar-refractivity contribution < 1.29 is 32.7 Å². The molecule has 2 rings (SSSR count). The van der Waals surface area contributed by atoms with Crippen LogP contribution in [0.3, 0.4) is 0 Å². The van der Waals surface area contributed by atoms with E-state index in [1.165, 1.54) is 0 Å². The maximum absolute atomic E-state index is 13.6. The fourth-order valence-corrected chi connectivity index (χ4v) is 8.33. The van der Waals surface area contributed by atoms with Crippen LogP contribution >= 0.6 is 19.4 Å². The molecule has 10 nitrogen and oxygen atoms in total. The van der Waals surface area contributed by atoms with Crippen molar-refractivity contribution in [2.45, 2.75) is 102 Å². The van der Waals surface area contributed by atoms with E-state index >= 15 is 0 Å². The van der Waals surface area contributed by atoms with Gasteiger partial charge < -0.3 is 29.3 Å². The third-order valence-electron chi connectivity index (χ3n) is 5.89. The zero-order chi connectivity index (χ0) is 26.5. The van der Waals surface area contributed by atoms with Gasteiger partial charge in [-0.1, -0.05) is 19.3 Å². The fraction of sp³-hybridized carbons (Fsp3) is 0.870. The Kier molecular flexibility index (Phi) is 10.1. The van der Waals surface area contributed by atoms with E-state index in [4.69, 9.17) is 13.8 Å². The van der Waals surface area contributed by atoms with E-state index in [2.05, 4.69) is 10.6 Å². The molecule has 0 aromatic rings. The second kappa shape index (κ2) is 11.8. The van der Waals surface area contributed by atoms with Gasteiger partial charge in [0.1, 0.15) is 24.5 Å². The summed E-state index contributed by atoms with van der Waals surface area (Å²) >= 11 is 1.63. The normalized spacial score (nSPS) is 21.6. The summed E-state index contributed by atoms with van der Waals surface area (Å²) in [5.74, 6) is -0.774. The highest BCUT2D eigenvalue weighted by molar-refractivity contribution is 8.02. The minimum absolute atomic E-state index is 0.185. The van der Waals surface area contributed by atoms with E-state index in [0.717, 1.165) is 32.1 Å². The SMILES string of the molecule is CCOP(=O)(CNC(=O)C1N(C(=O)CNC(=O)OC(C)(C)C)C(C)(C)SC12CCCCC2)OCC. The fourth-order valence-electron chi connectivity index (χ4n) is 4.82. The summed E-state index contributed by atoms with van der Waals surface area (Å²) in [6, 6.07) is -0.785. The second-order valence-electron chi connectivity index (χ2n) is 10.3. The molecule has 1 aliphatic carbocycles. The van der Waals surface area contributed by atoms with Gasteiger partial charge >= 0.3 is 13.7 Å². The molecule has 0 radical (unpaired) electrons. The number of nitrogens with one attached hydrogen (secondary N) is 2. The van der Waals surface area contributed by atoms with Crippen LogP contribution in [-0.2, 0) is 27.9 Å². The van der Waals surface area contributed by atoms with E-state index in [-0.39, 0.29) is 32.0 Å². The maximum atomic E-state index is 13.6. The predicted octanol–water partition coefficient (Wildman–Crippen LogP) is 4.23. The minimum atomic E-state index is -3.50. The summed E-state index contributed by atoms with van der Waals surface area (Å²) in [5, 5.41) is 5.27. The number of ether oxygens (including phenoxy) is 1. The third-order valence-corrected chi connectivity index (χ3v) is 9.47. The van der Waals surface area contributed by atoms with Crippen molar-refractivity contribution in [2.24, 2.45) is 0 Å². The topological polar surface area (TPSA) is 123 Å². The Bertz CT molecular complexity index is 814. The molecule has 2 fully saturated rings. The summed E-state index contributed by atoms with van der Waals surface area (Å²) < 4.78 is 28.3. The Morgan fingerprint density at radius 2 is 1.60 bits per heavy atom. The second-order valence-corrected chi connectivity index (χ2v) is 14.4. The molecule has 1 heterocycles. The van der Waals surface area contributed by atoms with Gasteiger partial charge in [0, 0.05) is 4.75 Å². The van der Waals surface area contributed by atoms with Crippen LogP contribution in [0.2, 0.25) is 0 Å². The van der Waals surface area contributed by atoms with Crippen molar-refractivity contribution in [2.75, 3.05) is 26.0 Å². The van der Waals surface area contributed by atoms with Gasteiger partial charge in [-0.05, 0) is 61.3 Å². The van der Waals surface area contributed by atoms with Gasteiger partial charge in [0.15, 0.2) is 0 Å². The monoisotopic (exact) mass is 535 g/mol. The molecule has 1 saturated carbocycles. The molecule has 2 N–H and O–H groups in total. The van der Waals surface area contributed by atoms with Crippen molar-refractivity contribution in [1.82, 2.24) is 15.5 Å². The summed E-state index contributed by atoms with van der Waals surface area (Å²) in [7, 11) is -3.50. The van der Waals surface area contributed by atoms with Crippen LogP contribution in [-0.4, -0.2) is 70.1 Å². The van der Waals surface area contributed by atoms with Crippen LogP contribution < -0.4 is 10.6 Å². The Morgan fingerprint density at radius 1 is 1.03 bits per heavy atom. The van der Waals surface area contributed by atoms with Crippen molar-refractivity contribution in [3.63, 3.8) is 0 Å². The number of hydrogen-bond acceptors (Lipinski definition) is 8. The first-order valence-corrected chi connectivity index (χ1v) is 14.9. The summed E-state index contributed by atoms with van der Waals surface area (Å²) in [5.41, 5.74) is -0.695. The summed E-state index contributed by atoms with van der Waals surface area (Å²) in [4.78, 5) is 40.1. The number of nitrogens with zero attached hydrogens (tertiary/aromatic N) is 1. The number of alkyl carbamates (subject to hydrolysis) is 1. The molecule has 3 amide bonds. The smallest absolute Gasteiger partial charge is 0.408 e. The molecule has 1 saturated heterocycles. The summed E-state index contributed by atoms with van der Waals surface area (Å²) in [6.45, 7) is 12.5. The van der Waals surface area contributed by atoms with Crippen LogP contribution in [0.4, 0.5) is 4.79 Å². The number of carbonyl (C=O) groups is 3. The molecule has 1 aliphatic heterocycles. The standard InChI is InChI=1S/C23H42N3O7PS/c1-8-31-34(30,32-9-2)16-25-19(28)18-23(13-11-10-12-14-23)35-22(6,7)26(18)17(27)15-24-20(29)33-21(3,4)5/h18H,8-16H2,1-7H3,(H,24,29)(H,25,28). The Labute approximate surface area is 213 Å². The number of thioether (sulfide) groups is 1. The lowest BCUT2D eigenvalue weighted by Crippen LogP contribution is -2.59. The first kappa shape index (κ1) is 29.9.